The fourth-order valence-electron chi connectivity index (χ4n) is 1.31. The first-order valence-corrected chi connectivity index (χ1v) is 5.16. The average Bonchev–Trinajstić information content (AvgIpc) is 2.31. The molecule has 1 atom stereocenters. The first kappa shape index (κ1) is 13.4. The second-order valence-corrected chi connectivity index (χ2v) is 3.59. The van der Waals surface area contributed by atoms with E-state index in [-0.39, 0.29) is 12.3 Å². The molecule has 0 aromatic heterocycles. The van der Waals surface area contributed by atoms with Crippen LogP contribution < -0.4 is 11.1 Å². The zero-order valence-electron chi connectivity index (χ0n) is 9.34. The molecule has 94 valence electrons. The second-order valence-electron chi connectivity index (χ2n) is 3.59. The molecule has 6 heteroatoms. The molecule has 0 spiro atoms. The lowest BCUT2D eigenvalue weighted by molar-refractivity contribution is 0.0906. The highest BCUT2D eigenvalue weighted by Crippen LogP contribution is 2.18. The summed E-state index contributed by atoms with van der Waals surface area (Å²) in [5.41, 5.74) is 4.23. The van der Waals surface area contributed by atoms with Gasteiger partial charge in [0, 0.05) is 0 Å². The number of amides is 1. The smallest absolute Gasteiger partial charge is 0.257 e. The van der Waals surface area contributed by atoms with Gasteiger partial charge in [0.15, 0.2) is 5.82 Å². The van der Waals surface area contributed by atoms with Crippen molar-refractivity contribution >= 4 is 11.6 Å². The van der Waals surface area contributed by atoms with Crippen LogP contribution in [-0.4, -0.2) is 23.7 Å². The number of nitrogen functional groups attached to an aromatic ring is 1. The van der Waals surface area contributed by atoms with Gasteiger partial charge in [-0.15, -0.1) is 0 Å². The topological polar surface area (TPSA) is 75.3 Å². The summed E-state index contributed by atoms with van der Waals surface area (Å²) < 4.78 is 26.8. The van der Waals surface area contributed by atoms with Gasteiger partial charge in [-0.1, -0.05) is 6.92 Å². The van der Waals surface area contributed by atoms with E-state index in [4.69, 9.17) is 10.8 Å². The minimum atomic E-state index is -1.09. The Labute approximate surface area is 97.4 Å². The Kier molecular flexibility index (Phi) is 4.39. The van der Waals surface area contributed by atoms with Crippen LogP contribution in [0.1, 0.15) is 23.7 Å². The molecule has 0 bridgehead atoms. The summed E-state index contributed by atoms with van der Waals surface area (Å²) in [6.07, 6.45) is 0.452. The number of hydrogen-bond acceptors (Lipinski definition) is 3. The molecule has 0 heterocycles. The van der Waals surface area contributed by atoms with Crippen molar-refractivity contribution in [3.8, 4) is 0 Å². The fourth-order valence-corrected chi connectivity index (χ4v) is 1.31. The molecule has 4 N–H and O–H groups in total. The highest BCUT2D eigenvalue weighted by Gasteiger charge is 2.21. The lowest BCUT2D eigenvalue weighted by atomic mass is 10.1. The van der Waals surface area contributed by atoms with Gasteiger partial charge in [-0.05, 0) is 18.6 Å². The molecule has 17 heavy (non-hydrogen) atoms. The van der Waals surface area contributed by atoms with Crippen LogP contribution >= 0.6 is 0 Å². The van der Waals surface area contributed by atoms with Gasteiger partial charge in [0.2, 0.25) is 0 Å². The maximum absolute atomic E-state index is 13.5. The van der Waals surface area contributed by atoms with Crippen LogP contribution in [0.15, 0.2) is 12.1 Å². The summed E-state index contributed by atoms with van der Waals surface area (Å²) in [4.78, 5) is 11.6. The largest absolute Gasteiger partial charge is 0.396 e. The number of benzene rings is 1. The first-order valence-electron chi connectivity index (χ1n) is 5.16. The molecule has 0 fully saturated rings. The summed E-state index contributed by atoms with van der Waals surface area (Å²) >= 11 is 0. The van der Waals surface area contributed by atoms with Crippen molar-refractivity contribution in [2.24, 2.45) is 0 Å². The number of aliphatic hydroxyl groups excluding tert-OH is 1. The molecule has 0 aliphatic carbocycles. The van der Waals surface area contributed by atoms with E-state index >= 15 is 0 Å². The molecule has 1 aromatic carbocycles. The number of carbonyl (C=O) groups excluding carboxylic acids is 1. The number of nitrogens with two attached hydrogens (primary N) is 1. The Morgan fingerprint density at radius 1 is 1.53 bits per heavy atom. The monoisotopic (exact) mass is 244 g/mol. The number of aliphatic hydroxyl groups is 1. The van der Waals surface area contributed by atoms with Crippen LogP contribution in [0.3, 0.4) is 0 Å². The quantitative estimate of drug-likeness (QED) is 0.693. The maximum Gasteiger partial charge on any atom is 0.257 e. The van der Waals surface area contributed by atoms with Crippen molar-refractivity contribution in [1.29, 1.82) is 0 Å². The van der Waals surface area contributed by atoms with Crippen LogP contribution in [-0.2, 0) is 0 Å². The highest BCUT2D eigenvalue weighted by atomic mass is 19.1. The zero-order valence-corrected chi connectivity index (χ0v) is 9.34. The van der Waals surface area contributed by atoms with Crippen molar-refractivity contribution in [3.05, 3.63) is 29.3 Å². The minimum absolute atomic E-state index is 0.298. The standard InChI is InChI=1S/C11H14F2N2O2/c1-2-6(5-16)15-11(17)9-7(12)3-4-8(14)10(9)13/h3-4,6,16H,2,5,14H2,1H3,(H,15,17)/t6-/m0/s1. The van der Waals surface area contributed by atoms with Crippen LogP contribution in [0, 0.1) is 11.6 Å². The van der Waals surface area contributed by atoms with E-state index in [1.165, 1.54) is 0 Å². The first-order chi connectivity index (χ1) is 8.01. The van der Waals surface area contributed by atoms with Crippen LogP contribution in [0.2, 0.25) is 0 Å². The van der Waals surface area contributed by atoms with E-state index < -0.39 is 29.1 Å². The molecule has 0 saturated carbocycles. The molecule has 0 saturated heterocycles. The van der Waals surface area contributed by atoms with E-state index in [1.807, 2.05) is 0 Å². The van der Waals surface area contributed by atoms with Crippen LogP contribution in [0.25, 0.3) is 0 Å². The number of halogens is 2. The summed E-state index contributed by atoms with van der Waals surface area (Å²) in [5.74, 6) is -2.99. The normalized spacial score (nSPS) is 12.2. The van der Waals surface area contributed by atoms with E-state index in [2.05, 4.69) is 5.32 Å². The molecule has 0 radical (unpaired) electrons. The van der Waals surface area contributed by atoms with Crippen LogP contribution in [0.5, 0.6) is 0 Å². The summed E-state index contributed by atoms with van der Waals surface area (Å²) in [5, 5.41) is 11.2. The Morgan fingerprint density at radius 3 is 2.71 bits per heavy atom. The Bertz CT molecular complexity index is 420. The molecule has 1 rings (SSSR count). The molecule has 0 aliphatic heterocycles. The molecular weight excluding hydrogens is 230 g/mol. The SMILES string of the molecule is CC[C@@H](CO)NC(=O)c1c(F)ccc(N)c1F. The van der Waals surface area contributed by atoms with Gasteiger partial charge in [0.25, 0.3) is 5.91 Å². The number of anilines is 1. The third-order valence-electron chi connectivity index (χ3n) is 2.40. The van der Waals surface area contributed by atoms with Crippen molar-refractivity contribution in [1.82, 2.24) is 5.32 Å². The van der Waals surface area contributed by atoms with Crippen molar-refractivity contribution in [3.63, 3.8) is 0 Å². The summed E-state index contributed by atoms with van der Waals surface area (Å²) in [6, 6.07) is 1.43. The van der Waals surface area contributed by atoms with Gasteiger partial charge in [-0.2, -0.15) is 0 Å². The number of nitrogens with one attached hydrogen (secondary N) is 1. The van der Waals surface area contributed by atoms with Crippen molar-refractivity contribution < 1.29 is 18.7 Å². The van der Waals surface area contributed by atoms with E-state index in [9.17, 15) is 13.6 Å². The minimum Gasteiger partial charge on any atom is -0.396 e. The Morgan fingerprint density at radius 2 is 2.18 bits per heavy atom. The van der Waals surface area contributed by atoms with Gasteiger partial charge in [-0.3, -0.25) is 4.79 Å². The molecule has 1 aromatic rings. The molecule has 1 amide bonds. The second kappa shape index (κ2) is 5.58. The lowest BCUT2D eigenvalue weighted by Gasteiger charge is -2.15. The Hall–Kier alpha value is -1.69. The van der Waals surface area contributed by atoms with Gasteiger partial charge in [0.1, 0.15) is 11.4 Å². The van der Waals surface area contributed by atoms with Crippen LogP contribution in [0.4, 0.5) is 14.5 Å². The summed E-state index contributed by atoms with van der Waals surface area (Å²) in [6.45, 7) is 1.43. The molecule has 0 unspecified atom stereocenters. The lowest BCUT2D eigenvalue weighted by Crippen LogP contribution is -2.37. The number of carbonyl (C=O) groups is 1. The van der Waals surface area contributed by atoms with Crippen molar-refractivity contribution in [2.45, 2.75) is 19.4 Å². The van der Waals surface area contributed by atoms with Gasteiger partial charge in [0.05, 0.1) is 18.3 Å². The average molecular weight is 244 g/mol. The van der Waals surface area contributed by atoms with Crippen molar-refractivity contribution in [2.75, 3.05) is 12.3 Å². The summed E-state index contributed by atoms with van der Waals surface area (Å²) in [7, 11) is 0. The van der Waals surface area contributed by atoms with Gasteiger partial charge >= 0.3 is 0 Å². The predicted octanol–water partition coefficient (Wildman–Crippen LogP) is 1.05. The highest BCUT2D eigenvalue weighted by molar-refractivity contribution is 5.95. The predicted molar refractivity (Wildman–Crippen MR) is 59.4 cm³/mol. The molecule has 0 aliphatic rings. The number of hydrogen-bond donors (Lipinski definition) is 3. The van der Waals surface area contributed by atoms with E-state index in [0.717, 1.165) is 12.1 Å². The molecular formula is C11H14F2N2O2. The third kappa shape index (κ3) is 2.91. The van der Waals surface area contributed by atoms with Gasteiger partial charge in [-0.25, -0.2) is 8.78 Å². The van der Waals surface area contributed by atoms with E-state index in [1.54, 1.807) is 6.92 Å². The third-order valence-corrected chi connectivity index (χ3v) is 2.40. The van der Waals surface area contributed by atoms with E-state index in [0.29, 0.717) is 6.42 Å². The van der Waals surface area contributed by atoms with Gasteiger partial charge < -0.3 is 16.2 Å². The fraction of sp³-hybridized carbons (Fsp3) is 0.364. The Balaban J connectivity index is 3.00. The number of rotatable bonds is 4. The maximum atomic E-state index is 13.5. The molecule has 4 nitrogen and oxygen atoms in total. The zero-order chi connectivity index (χ0) is 13.0.